The molecule has 2 N–H and O–H groups in total. The Labute approximate surface area is 116 Å². The van der Waals surface area contributed by atoms with Crippen molar-refractivity contribution < 1.29 is 18.0 Å². The van der Waals surface area contributed by atoms with E-state index in [1.54, 1.807) is 0 Å². The molecule has 0 fully saturated rings. The standard InChI is InChI=1S/C13H10F3N3O2/c14-13(15,16)9-3-1-2-8(6-9)7-12(21)17-10-4-5-11(20)19-18-10/h1-6H,7H2,(H,19,20)(H,17,18,21). The molecular formula is C13H10F3N3O2. The van der Waals surface area contributed by atoms with Crippen LogP contribution in [0.15, 0.2) is 41.2 Å². The second-order valence-electron chi connectivity index (χ2n) is 4.23. The molecule has 0 radical (unpaired) electrons. The lowest BCUT2D eigenvalue weighted by Crippen LogP contribution is -2.17. The summed E-state index contributed by atoms with van der Waals surface area (Å²) in [4.78, 5) is 22.5. The number of benzene rings is 1. The number of hydrogen-bond donors (Lipinski definition) is 2. The first-order valence-corrected chi connectivity index (χ1v) is 5.86. The number of amides is 1. The normalized spacial score (nSPS) is 11.2. The van der Waals surface area contributed by atoms with E-state index in [0.29, 0.717) is 0 Å². The minimum Gasteiger partial charge on any atom is -0.309 e. The number of H-pyrrole nitrogens is 1. The molecule has 0 atom stereocenters. The van der Waals surface area contributed by atoms with Gasteiger partial charge in [-0.1, -0.05) is 18.2 Å². The summed E-state index contributed by atoms with van der Waals surface area (Å²) in [6.45, 7) is 0. The third kappa shape index (κ3) is 4.16. The second-order valence-corrected chi connectivity index (χ2v) is 4.23. The summed E-state index contributed by atoms with van der Waals surface area (Å²) in [6, 6.07) is 6.99. The van der Waals surface area contributed by atoms with Gasteiger partial charge in [0.2, 0.25) is 5.91 Å². The van der Waals surface area contributed by atoms with Gasteiger partial charge in [-0.15, -0.1) is 0 Å². The molecule has 2 aromatic rings. The third-order valence-electron chi connectivity index (χ3n) is 2.57. The molecule has 0 aliphatic heterocycles. The van der Waals surface area contributed by atoms with Crippen LogP contribution in [0.2, 0.25) is 0 Å². The number of nitrogens with one attached hydrogen (secondary N) is 2. The molecule has 0 unspecified atom stereocenters. The Bertz CT molecular complexity index is 690. The van der Waals surface area contributed by atoms with Crippen LogP contribution in [0.25, 0.3) is 0 Å². The number of aromatic amines is 1. The zero-order chi connectivity index (χ0) is 15.5. The molecular weight excluding hydrogens is 287 g/mol. The zero-order valence-electron chi connectivity index (χ0n) is 10.6. The Morgan fingerprint density at radius 1 is 1.24 bits per heavy atom. The van der Waals surface area contributed by atoms with E-state index in [1.165, 1.54) is 24.3 Å². The van der Waals surface area contributed by atoms with Crippen molar-refractivity contribution in [3.63, 3.8) is 0 Å². The molecule has 21 heavy (non-hydrogen) atoms. The van der Waals surface area contributed by atoms with Crippen LogP contribution in [-0.2, 0) is 17.4 Å². The first-order valence-electron chi connectivity index (χ1n) is 5.86. The fourth-order valence-corrected chi connectivity index (χ4v) is 1.64. The van der Waals surface area contributed by atoms with E-state index in [9.17, 15) is 22.8 Å². The molecule has 0 spiro atoms. The largest absolute Gasteiger partial charge is 0.416 e. The third-order valence-corrected chi connectivity index (χ3v) is 2.57. The van der Waals surface area contributed by atoms with Crippen LogP contribution in [0, 0.1) is 0 Å². The minimum atomic E-state index is -4.45. The smallest absolute Gasteiger partial charge is 0.309 e. The average molecular weight is 297 g/mol. The summed E-state index contributed by atoms with van der Waals surface area (Å²) in [7, 11) is 0. The number of alkyl halides is 3. The first kappa shape index (κ1) is 14.8. The van der Waals surface area contributed by atoms with Gasteiger partial charge >= 0.3 is 6.18 Å². The molecule has 110 valence electrons. The van der Waals surface area contributed by atoms with Gasteiger partial charge in [-0.25, -0.2) is 5.10 Å². The topological polar surface area (TPSA) is 74.8 Å². The van der Waals surface area contributed by atoms with Crippen molar-refractivity contribution in [2.24, 2.45) is 0 Å². The lowest BCUT2D eigenvalue weighted by Gasteiger charge is -2.08. The molecule has 2 rings (SSSR count). The highest BCUT2D eigenvalue weighted by Crippen LogP contribution is 2.29. The average Bonchev–Trinajstić information content (AvgIpc) is 2.41. The van der Waals surface area contributed by atoms with Gasteiger partial charge in [-0.3, -0.25) is 9.59 Å². The first-order chi connectivity index (χ1) is 9.84. The maximum Gasteiger partial charge on any atom is 0.416 e. The molecule has 8 heteroatoms. The van der Waals surface area contributed by atoms with Crippen molar-refractivity contribution in [1.29, 1.82) is 0 Å². The summed E-state index contributed by atoms with van der Waals surface area (Å²) in [6.07, 6.45) is -4.68. The number of carbonyl (C=O) groups excluding carboxylic acids is 1. The van der Waals surface area contributed by atoms with Gasteiger partial charge in [0, 0.05) is 6.07 Å². The molecule has 1 aromatic heterocycles. The van der Waals surface area contributed by atoms with Crippen molar-refractivity contribution >= 4 is 11.7 Å². The number of anilines is 1. The van der Waals surface area contributed by atoms with Crippen molar-refractivity contribution in [3.05, 3.63) is 57.9 Å². The number of rotatable bonds is 3. The molecule has 1 heterocycles. The molecule has 1 amide bonds. The van der Waals surface area contributed by atoms with Crippen molar-refractivity contribution in [2.75, 3.05) is 5.32 Å². The van der Waals surface area contributed by atoms with Gasteiger partial charge in [-0.2, -0.15) is 18.3 Å². The van der Waals surface area contributed by atoms with Crippen LogP contribution in [0.1, 0.15) is 11.1 Å². The van der Waals surface area contributed by atoms with Crippen molar-refractivity contribution in [3.8, 4) is 0 Å². The zero-order valence-corrected chi connectivity index (χ0v) is 10.6. The quantitative estimate of drug-likeness (QED) is 0.909. The van der Waals surface area contributed by atoms with Crippen LogP contribution < -0.4 is 10.9 Å². The summed E-state index contributed by atoms with van der Waals surface area (Å²) in [5.74, 6) is -0.416. The van der Waals surface area contributed by atoms with E-state index in [2.05, 4.69) is 15.5 Å². The van der Waals surface area contributed by atoms with Gasteiger partial charge < -0.3 is 5.32 Å². The predicted molar refractivity (Wildman–Crippen MR) is 68.6 cm³/mol. The highest BCUT2D eigenvalue weighted by atomic mass is 19.4. The van der Waals surface area contributed by atoms with Gasteiger partial charge in [0.25, 0.3) is 5.56 Å². The molecule has 0 aliphatic rings. The maximum atomic E-state index is 12.5. The Morgan fingerprint density at radius 2 is 2.00 bits per heavy atom. The Hall–Kier alpha value is -2.64. The maximum absolute atomic E-state index is 12.5. The fraction of sp³-hybridized carbons (Fsp3) is 0.154. The number of nitrogens with zero attached hydrogens (tertiary/aromatic N) is 1. The Balaban J connectivity index is 2.06. The second kappa shape index (κ2) is 5.78. The summed E-state index contributed by atoms with van der Waals surface area (Å²) in [5.41, 5.74) is -1.01. The SMILES string of the molecule is O=C(Cc1cccc(C(F)(F)F)c1)Nc1ccc(=O)[nH]n1. The van der Waals surface area contributed by atoms with Crippen molar-refractivity contribution in [1.82, 2.24) is 10.2 Å². The molecule has 0 saturated heterocycles. The van der Waals surface area contributed by atoms with Crippen molar-refractivity contribution in [2.45, 2.75) is 12.6 Å². The molecule has 0 bridgehead atoms. The highest BCUT2D eigenvalue weighted by Gasteiger charge is 2.30. The van der Waals surface area contributed by atoms with Crippen LogP contribution in [-0.4, -0.2) is 16.1 Å². The monoisotopic (exact) mass is 297 g/mol. The molecule has 5 nitrogen and oxygen atoms in total. The predicted octanol–water partition coefficient (Wildman–Crippen LogP) is 1.97. The number of halogens is 3. The number of hydrogen-bond acceptors (Lipinski definition) is 3. The lowest BCUT2D eigenvalue weighted by atomic mass is 10.1. The molecule has 1 aromatic carbocycles. The van der Waals surface area contributed by atoms with E-state index in [-0.39, 0.29) is 17.8 Å². The summed E-state index contributed by atoms with van der Waals surface area (Å²) >= 11 is 0. The van der Waals surface area contributed by atoms with Gasteiger partial charge in [0.15, 0.2) is 5.82 Å². The number of aromatic nitrogens is 2. The van der Waals surface area contributed by atoms with E-state index < -0.39 is 23.2 Å². The van der Waals surface area contributed by atoms with Crippen LogP contribution in [0.3, 0.4) is 0 Å². The Kier molecular flexibility index (Phi) is 4.06. The van der Waals surface area contributed by atoms with Gasteiger partial charge in [-0.05, 0) is 17.7 Å². The lowest BCUT2D eigenvalue weighted by molar-refractivity contribution is -0.137. The fourth-order valence-electron chi connectivity index (χ4n) is 1.64. The molecule has 0 aliphatic carbocycles. The van der Waals surface area contributed by atoms with E-state index in [0.717, 1.165) is 12.1 Å². The summed E-state index contributed by atoms with van der Waals surface area (Å²) in [5, 5.41) is 8.07. The number of carbonyl (C=O) groups is 1. The van der Waals surface area contributed by atoms with E-state index >= 15 is 0 Å². The highest BCUT2D eigenvalue weighted by molar-refractivity contribution is 5.91. The van der Waals surface area contributed by atoms with E-state index in [1.807, 2.05) is 0 Å². The van der Waals surface area contributed by atoms with Gasteiger partial charge in [0.1, 0.15) is 0 Å². The van der Waals surface area contributed by atoms with E-state index in [4.69, 9.17) is 0 Å². The Morgan fingerprint density at radius 3 is 2.62 bits per heavy atom. The van der Waals surface area contributed by atoms with Crippen LogP contribution in [0.5, 0.6) is 0 Å². The van der Waals surface area contributed by atoms with Crippen LogP contribution in [0.4, 0.5) is 19.0 Å². The van der Waals surface area contributed by atoms with Crippen LogP contribution >= 0.6 is 0 Å². The van der Waals surface area contributed by atoms with Gasteiger partial charge in [0.05, 0.1) is 12.0 Å². The summed E-state index contributed by atoms with van der Waals surface area (Å²) < 4.78 is 37.6. The minimum absolute atomic E-state index is 0.117. The molecule has 0 saturated carbocycles.